The van der Waals surface area contributed by atoms with Gasteiger partial charge in [0.2, 0.25) is 0 Å². The van der Waals surface area contributed by atoms with E-state index in [9.17, 15) is 0 Å². The van der Waals surface area contributed by atoms with Gasteiger partial charge in [-0.2, -0.15) is 0 Å². The Kier molecular flexibility index (Phi) is 6.31. The number of halogens is 1. The van der Waals surface area contributed by atoms with Gasteiger partial charge >= 0.3 is 0 Å². The highest BCUT2D eigenvalue weighted by atomic mass is 127. The van der Waals surface area contributed by atoms with Crippen molar-refractivity contribution < 1.29 is 0 Å². The zero-order valence-electron chi connectivity index (χ0n) is 6.81. The lowest BCUT2D eigenvalue weighted by atomic mass is 10.2. The molecule has 0 aliphatic carbocycles. The highest BCUT2D eigenvalue weighted by Crippen LogP contribution is 2.03. The van der Waals surface area contributed by atoms with Gasteiger partial charge in [-0.1, -0.05) is 47.4 Å². The van der Waals surface area contributed by atoms with Crippen molar-refractivity contribution in [2.24, 2.45) is 5.73 Å². The molecule has 0 radical (unpaired) electrons. The summed E-state index contributed by atoms with van der Waals surface area (Å²) in [7, 11) is 0. The smallest absolute Gasteiger partial charge is 0.0338 e. The molecule has 0 aromatic heterocycles. The van der Waals surface area contributed by atoms with Crippen LogP contribution >= 0.6 is 22.6 Å². The Morgan fingerprint density at radius 2 is 2.27 bits per heavy atom. The first-order valence-corrected chi connectivity index (χ1v) is 5.08. The Bertz CT molecular complexity index is 180. The third-order valence-electron chi connectivity index (χ3n) is 1.28. The van der Waals surface area contributed by atoms with Crippen molar-refractivity contribution in [3.8, 4) is 0 Å². The predicted molar refractivity (Wildman–Crippen MR) is 59.7 cm³/mol. The molecule has 0 rings (SSSR count). The number of hydrogen-bond donors (Lipinski definition) is 1. The van der Waals surface area contributed by atoms with Crippen molar-refractivity contribution in [1.82, 2.24) is 0 Å². The molecule has 62 valence electrons. The molecule has 0 aliphatic rings. The van der Waals surface area contributed by atoms with Crippen LogP contribution in [0.2, 0.25) is 0 Å². The van der Waals surface area contributed by atoms with E-state index in [1.165, 1.54) is 0 Å². The molecular weight excluding hydrogens is 249 g/mol. The Labute approximate surface area is 82.2 Å². The molecule has 2 heteroatoms. The zero-order chi connectivity index (χ0) is 8.69. The summed E-state index contributed by atoms with van der Waals surface area (Å²) in [5.74, 6) is 0. The molecular formula is C9H14IN. The standard InChI is InChI=1S/C9H14IN/c1-3-9(11)8(2)6-4-5-7-10/h3-4,6H,2,5,7,11H2,1H3/b6-4-,9-3-. The van der Waals surface area contributed by atoms with Crippen LogP contribution in [0, 0.1) is 0 Å². The van der Waals surface area contributed by atoms with Crippen molar-refractivity contribution in [1.29, 1.82) is 0 Å². The fraction of sp³-hybridized carbons (Fsp3) is 0.333. The number of hydrogen-bond acceptors (Lipinski definition) is 1. The van der Waals surface area contributed by atoms with E-state index in [1.54, 1.807) is 0 Å². The van der Waals surface area contributed by atoms with Crippen LogP contribution in [0.5, 0.6) is 0 Å². The molecule has 0 aromatic rings. The molecule has 0 amide bonds. The molecule has 0 bridgehead atoms. The molecule has 2 N–H and O–H groups in total. The van der Waals surface area contributed by atoms with Crippen molar-refractivity contribution in [3.05, 3.63) is 36.1 Å². The second-order valence-electron chi connectivity index (χ2n) is 2.15. The first kappa shape index (κ1) is 10.8. The van der Waals surface area contributed by atoms with Crippen LogP contribution in [0.25, 0.3) is 0 Å². The minimum absolute atomic E-state index is 0.759. The molecule has 0 aliphatic heterocycles. The molecule has 11 heavy (non-hydrogen) atoms. The summed E-state index contributed by atoms with van der Waals surface area (Å²) >= 11 is 2.33. The van der Waals surface area contributed by atoms with Gasteiger partial charge < -0.3 is 5.73 Å². The van der Waals surface area contributed by atoms with E-state index in [2.05, 4.69) is 35.2 Å². The molecule has 0 spiro atoms. The molecule has 0 aromatic carbocycles. The molecule has 0 saturated heterocycles. The van der Waals surface area contributed by atoms with E-state index in [0.29, 0.717) is 0 Å². The van der Waals surface area contributed by atoms with Gasteiger partial charge in [0.25, 0.3) is 0 Å². The van der Waals surface area contributed by atoms with Gasteiger partial charge in [0.1, 0.15) is 0 Å². The molecule has 0 unspecified atom stereocenters. The number of allylic oxidation sites excluding steroid dienone is 3. The van der Waals surface area contributed by atoms with Crippen LogP contribution in [0.15, 0.2) is 36.1 Å². The Morgan fingerprint density at radius 1 is 1.64 bits per heavy atom. The lowest BCUT2D eigenvalue weighted by molar-refractivity contribution is 1.26. The predicted octanol–water partition coefficient (Wildman–Crippen LogP) is 2.79. The second-order valence-corrected chi connectivity index (χ2v) is 3.23. The zero-order valence-corrected chi connectivity index (χ0v) is 8.97. The highest BCUT2D eigenvalue weighted by Gasteiger charge is 1.88. The maximum absolute atomic E-state index is 5.61. The van der Waals surface area contributed by atoms with E-state index in [-0.39, 0.29) is 0 Å². The van der Waals surface area contributed by atoms with Crippen molar-refractivity contribution in [2.45, 2.75) is 13.3 Å². The molecule has 1 nitrogen and oxygen atoms in total. The summed E-state index contributed by atoms with van der Waals surface area (Å²) in [6.07, 6.45) is 6.99. The normalized spacial score (nSPS) is 12.4. The van der Waals surface area contributed by atoms with Crippen molar-refractivity contribution in [2.75, 3.05) is 4.43 Å². The van der Waals surface area contributed by atoms with Gasteiger partial charge in [0, 0.05) is 10.1 Å². The summed E-state index contributed by atoms with van der Waals surface area (Å²) in [4.78, 5) is 0. The van der Waals surface area contributed by atoms with Crippen LogP contribution in [-0.4, -0.2) is 4.43 Å². The Balaban J connectivity index is 3.87. The van der Waals surface area contributed by atoms with E-state index >= 15 is 0 Å². The lowest BCUT2D eigenvalue weighted by Crippen LogP contribution is -1.96. The highest BCUT2D eigenvalue weighted by molar-refractivity contribution is 14.1. The van der Waals surface area contributed by atoms with E-state index in [4.69, 9.17) is 5.73 Å². The average Bonchev–Trinajstić information content (AvgIpc) is 2.03. The SMILES string of the molecule is C=C(/C=C\CCI)/C(N)=C/C. The summed E-state index contributed by atoms with van der Waals surface area (Å²) in [5.41, 5.74) is 7.27. The third-order valence-corrected chi connectivity index (χ3v) is 1.90. The fourth-order valence-corrected chi connectivity index (χ4v) is 0.930. The summed E-state index contributed by atoms with van der Waals surface area (Å²) < 4.78 is 1.14. The minimum Gasteiger partial charge on any atom is -0.399 e. The van der Waals surface area contributed by atoms with Crippen molar-refractivity contribution in [3.63, 3.8) is 0 Å². The fourth-order valence-electron chi connectivity index (χ4n) is 0.570. The minimum atomic E-state index is 0.759. The topological polar surface area (TPSA) is 26.0 Å². The molecule has 0 atom stereocenters. The summed E-state index contributed by atoms with van der Waals surface area (Å²) in [6.45, 7) is 5.72. The molecule has 0 saturated carbocycles. The summed E-state index contributed by atoms with van der Waals surface area (Å²) in [5, 5.41) is 0. The largest absolute Gasteiger partial charge is 0.399 e. The maximum atomic E-state index is 5.61. The molecule has 0 fully saturated rings. The average molecular weight is 263 g/mol. The van der Waals surface area contributed by atoms with Gasteiger partial charge in [-0.15, -0.1) is 0 Å². The van der Waals surface area contributed by atoms with Gasteiger partial charge in [0.15, 0.2) is 0 Å². The second kappa shape index (κ2) is 6.46. The number of rotatable bonds is 4. The van der Waals surface area contributed by atoms with E-state index in [1.807, 2.05) is 19.1 Å². The van der Waals surface area contributed by atoms with Crippen LogP contribution in [0.1, 0.15) is 13.3 Å². The Morgan fingerprint density at radius 3 is 2.73 bits per heavy atom. The van der Waals surface area contributed by atoms with Crippen molar-refractivity contribution >= 4 is 22.6 Å². The third kappa shape index (κ3) is 5.07. The van der Waals surface area contributed by atoms with Crippen LogP contribution < -0.4 is 5.73 Å². The summed E-state index contributed by atoms with van der Waals surface area (Å²) in [6, 6.07) is 0. The first-order valence-electron chi connectivity index (χ1n) is 3.56. The van der Waals surface area contributed by atoms with Gasteiger partial charge in [-0.25, -0.2) is 0 Å². The maximum Gasteiger partial charge on any atom is 0.0338 e. The quantitative estimate of drug-likeness (QED) is 0.471. The Hall–Kier alpha value is -0.250. The van der Waals surface area contributed by atoms with E-state index in [0.717, 1.165) is 22.1 Å². The monoisotopic (exact) mass is 263 g/mol. The molecule has 0 heterocycles. The van der Waals surface area contributed by atoms with Crippen LogP contribution in [0.4, 0.5) is 0 Å². The number of nitrogens with two attached hydrogens (primary N) is 1. The lowest BCUT2D eigenvalue weighted by Gasteiger charge is -1.97. The van der Waals surface area contributed by atoms with Crippen LogP contribution in [0.3, 0.4) is 0 Å². The van der Waals surface area contributed by atoms with Gasteiger partial charge in [-0.3, -0.25) is 0 Å². The number of alkyl halides is 1. The van der Waals surface area contributed by atoms with Gasteiger partial charge in [-0.05, 0) is 18.9 Å². The van der Waals surface area contributed by atoms with E-state index < -0.39 is 0 Å². The van der Waals surface area contributed by atoms with Crippen LogP contribution in [-0.2, 0) is 0 Å². The van der Waals surface area contributed by atoms with Gasteiger partial charge in [0.05, 0.1) is 0 Å². The first-order chi connectivity index (χ1) is 5.22.